The molecule has 2 aromatic carbocycles. The maximum Gasteiger partial charge on any atom is 0.258 e. The van der Waals surface area contributed by atoms with Gasteiger partial charge in [-0.3, -0.25) is 4.79 Å². The van der Waals surface area contributed by atoms with E-state index in [4.69, 9.17) is 4.74 Å². The molecule has 0 bridgehead atoms. The molecule has 0 saturated carbocycles. The fraction of sp³-hybridized carbons (Fsp3) is 0.182. The molecule has 0 radical (unpaired) electrons. The highest BCUT2D eigenvalue weighted by Crippen LogP contribution is 2.31. The van der Waals surface area contributed by atoms with Gasteiger partial charge in [0.15, 0.2) is 9.84 Å². The zero-order valence-corrected chi connectivity index (χ0v) is 16.7. The van der Waals surface area contributed by atoms with Crippen molar-refractivity contribution in [1.82, 2.24) is 4.98 Å². The standard InChI is InChI=1S/C22H20N2O4S/c1-16-11-12-20-21(23-16)28-14-13-24(20)22(25)19-10-6-5-7-17(19)15-29(26,27)18-8-3-2-4-9-18/h2-12H,13-15H2,1H3. The second kappa shape index (κ2) is 7.67. The summed E-state index contributed by atoms with van der Waals surface area (Å²) in [6.07, 6.45) is 0. The number of hydrogen-bond donors (Lipinski definition) is 0. The van der Waals surface area contributed by atoms with Gasteiger partial charge in [-0.25, -0.2) is 13.4 Å². The third-order valence-electron chi connectivity index (χ3n) is 4.76. The molecule has 1 aliphatic heterocycles. The van der Waals surface area contributed by atoms with E-state index in [1.807, 2.05) is 13.0 Å². The Hall–Kier alpha value is -3.19. The number of carbonyl (C=O) groups is 1. The van der Waals surface area contributed by atoms with E-state index in [9.17, 15) is 13.2 Å². The second-order valence-electron chi connectivity index (χ2n) is 6.81. The van der Waals surface area contributed by atoms with Crippen LogP contribution >= 0.6 is 0 Å². The summed E-state index contributed by atoms with van der Waals surface area (Å²) in [5.41, 5.74) is 2.22. The highest BCUT2D eigenvalue weighted by molar-refractivity contribution is 7.90. The van der Waals surface area contributed by atoms with Crippen LogP contribution in [-0.4, -0.2) is 32.5 Å². The Kier molecular flexibility index (Phi) is 5.07. The number of benzene rings is 2. The van der Waals surface area contributed by atoms with Crippen molar-refractivity contribution in [2.24, 2.45) is 0 Å². The first-order valence-electron chi connectivity index (χ1n) is 9.24. The minimum atomic E-state index is -3.57. The molecule has 4 rings (SSSR count). The third kappa shape index (κ3) is 3.86. The summed E-state index contributed by atoms with van der Waals surface area (Å²) in [5, 5.41) is 0. The van der Waals surface area contributed by atoms with Crippen LogP contribution in [0, 0.1) is 6.92 Å². The maximum absolute atomic E-state index is 13.3. The molecule has 0 spiro atoms. The number of nitrogens with zero attached hydrogens (tertiary/aromatic N) is 2. The topological polar surface area (TPSA) is 76.6 Å². The van der Waals surface area contributed by atoms with Crippen LogP contribution in [0.1, 0.15) is 21.6 Å². The molecule has 0 aliphatic carbocycles. The summed E-state index contributed by atoms with van der Waals surface area (Å²) in [4.78, 5) is 19.5. The van der Waals surface area contributed by atoms with Crippen LogP contribution < -0.4 is 9.64 Å². The van der Waals surface area contributed by atoms with E-state index in [0.717, 1.165) is 5.69 Å². The quantitative estimate of drug-likeness (QED) is 0.661. The van der Waals surface area contributed by atoms with Crippen molar-refractivity contribution >= 4 is 21.4 Å². The summed E-state index contributed by atoms with van der Waals surface area (Å²) in [5.74, 6) is -0.0968. The molecular weight excluding hydrogens is 388 g/mol. The van der Waals surface area contributed by atoms with Crippen molar-refractivity contribution in [3.8, 4) is 5.88 Å². The van der Waals surface area contributed by atoms with Crippen LogP contribution in [0.15, 0.2) is 71.6 Å². The fourth-order valence-corrected chi connectivity index (χ4v) is 4.72. The van der Waals surface area contributed by atoms with Crippen molar-refractivity contribution < 1.29 is 17.9 Å². The molecule has 29 heavy (non-hydrogen) atoms. The number of ether oxygens (including phenoxy) is 1. The number of pyridine rings is 1. The largest absolute Gasteiger partial charge is 0.474 e. The van der Waals surface area contributed by atoms with Crippen LogP contribution in [0.2, 0.25) is 0 Å². The van der Waals surface area contributed by atoms with Crippen molar-refractivity contribution in [3.63, 3.8) is 0 Å². The normalized spacial score (nSPS) is 13.5. The summed E-state index contributed by atoms with van der Waals surface area (Å²) < 4.78 is 31.3. The number of aromatic nitrogens is 1. The van der Waals surface area contributed by atoms with Gasteiger partial charge >= 0.3 is 0 Å². The lowest BCUT2D eigenvalue weighted by Crippen LogP contribution is -2.38. The average Bonchev–Trinajstić information content (AvgIpc) is 2.73. The zero-order valence-electron chi connectivity index (χ0n) is 15.9. The van der Waals surface area contributed by atoms with Gasteiger partial charge in [0, 0.05) is 11.3 Å². The maximum atomic E-state index is 13.3. The van der Waals surface area contributed by atoms with Crippen LogP contribution in [0.5, 0.6) is 5.88 Å². The number of sulfone groups is 1. The Morgan fingerprint density at radius 2 is 1.76 bits per heavy atom. The van der Waals surface area contributed by atoms with Crippen LogP contribution in [0.25, 0.3) is 0 Å². The molecule has 0 atom stereocenters. The fourth-order valence-electron chi connectivity index (χ4n) is 3.32. The lowest BCUT2D eigenvalue weighted by molar-refractivity contribution is 0.0975. The number of aryl methyl sites for hydroxylation is 1. The molecule has 1 aliphatic rings. The van der Waals surface area contributed by atoms with Crippen molar-refractivity contribution in [2.75, 3.05) is 18.1 Å². The van der Waals surface area contributed by atoms with Gasteiger partial charge in [-0.15, -0.1) is 0 Å². The van der Waals surface area contributed by atoms with Crippen LogP contribution in [-0.2, 0) is 15.6 Å². The van der Waals surface area contributed by atoms with Gasteiger partial charge in [-0.2, -0.15) is 0 Å². The molecule has 148 valence electrons. The highest BCUT2D eigenvalue weighted by atomic mass is 32.2. The number of amides is 1. The van der Waals surface area contributed by atoms with E-state index < -0.39 is 9.84 Å². The van der Waals surface area contributed by atoms with Gasteiger partial charge in [0.1, 0.15) is 12.3 Å². The minimum Gasteiger partial charge on any atom is -0.474 e. The van der Waals surface area contributed by atoms with Gasteiger partial charge in [0.05, 0.1) is 17.2 Å². The van der Waals surface area contributed by atoms with Gasteiger partial charge in [-0.05, 0) is 42.8 Å². The Balaban J connectivity index is 1.69. The Labute approximate surface area is 169 Å². The monoisotopic (exact) mass is 408 g/mol. The van der Waals surface area contributed by atoms with E-state index in [0.29, 0.717) is 35.8 Å². The van der Waals surface area contributed by atoms with E-state index >= 15 is 0 Å². The Bertz CT molecular complexity index is 1160. The molecule has 3 aromatic rings. The van der Waals surface area contributed by atoms with Crippen molar-refractivity contribution in [3.05, 3.63) is 83.6 Å². The zero-order chi connectivity index (χ0) is 20.4. The molecule has 7 heteroatoms. The lowest BCUT2D eigenvalue weighted by atomic mass is 10.1. The van der Waals surface area contributed by atoms with E-state index in [1.54, 1.807) is 65.6 Å². The van der Waals surface area contributed by atoms with Gasteiger partial charge in [-0.1, -0.05) is 36.4 Å². The van der Waals surface area contributed by atoms with Crippen molar-refractivity contribution in [1.29, 1.82) is 0 Å². The highest BCUT2D eigenvalue weighted by Gasteiger charge is 2.28. The summed E-state index contributed by atoms with van der Waals surface area (Å²) in [7, 11) is -3.57. The minimum absolute atomic E-state index is 0.235. The first kappa shape index (κ1) is 19.1. The Morgan fingerprint density at radius 3 is 2.55 bits per heavy atom. The predicted octanol–water partition coefficient (Wildman–Crippen LogP) is 3.40. The first-order valence-corrected chi connectivity index (χ1v) is 10.9. The molecule has 0 unspecified atom stereocenters. The molecule has 0 fully saturated rings. The predicted molar refractivity (Wildman–Crippen MR) is 110 cm³/mol. The van der Waals surface area contributed by atoms with E-state index in [-0.39, 0.29) is 16.6 Å². The van der Waals surface area contributed by atoms with Crippen LogP contribution in [0.4, 0.5) is 5.69 Å². The second-order valence-corrected chi connectivity index (χ2v) is 8.80. The molecule has 2 heterocycles. The smallest absolute Gasteiger partial charge is 0.258 e. The third-order valence-corrected chi connectivity index (χ3v) is 6.45. The lowest BCUT2D eigenvalue weighted by Gasteiger charge is -2.29. The van der Waals surface area contributed by atoms with Crippen molar-refractivity contribution in [2.45, 2.75) is 17.6 Å². The SMILES string of the molecule is Cc1ccc2c(n1)OCCN2C(=O)c1ccccc1CS(=O)(=O)c1ccccc1. The average molecular weight is 408 g/mol. The molecule has 6 nitrogen and oxygen atoms in total. The van der Waals surface area contributed by atoms with Gasteiger partial charge < -0.3 is 9.64 Å². The number of carbonyl (C=O) groups excluding carboxylic acids is 1. The van der Waals surface area contributed by atoms with E-state index in [2.05, 4.69) is 4.98 Å². The summed E-state index contributed by atoms with van der Waals surface area (Å²) >= 11 is 0. The summed E-state index contributed by atoms with van der Waals surface area (Å²) in [6.45, 7) is 2.56. The number of hydrogen-bond acceptors (Lipinski definition) is 5. The molecule has 0 N–H and O–H groups in total. The Morgan fingerprint density at radius 1 is 1.03 bits per heavy atom. The van der Waals surface area contributed by atoms with Gasteiger partial charge in [0.2, 0.25) is 5.88 Å². The summed E-state index contributed by atoms with van der Waals surface area (Å²) in [6, 6.07) is 18.7. The number of fused-ring (bicyclic) bond motifs is 1. The van der Waals surface area contributed by atoms with Crippen LogP contribution in [0.3, 0.4) is 0 Å². The molecule has 1 amide bonds. The molecule has 0 saturated heterocycles. The molecule has 1 aromatic heterocycles. The first-order chi connectivity index (χ1) is 14.0. The molecular formula is C22H20N2O4S. The van der Waals surface area contributed by atoms with Gasteiger partial charge in [0.25, 0.3) is 5.91 Å². The number of anilines is 1. The van der Waals surface area contributed by atoms with E-state index in [1.165, 1.54) is 0 Å². The number of rotatable bonds is 4.